The molecule has 0 radical (unpaired) electrons. The molecule has 2 aromatic rings. The van der Waals surface area contributed by atoms with E-state index < -0.39 is 5.97 Å². The van der Waals surface area contributed by atoms with Crippen LogP contribution in [0.1, 0.15) is 18.1 Å². The van der Waals surface area contributed by atoms with E-state index in [1.54, 1.807) is 38.3 Å². The smallest absolute Gasteiger partial charge is 0.331 e. The van der Waals surface area contributed by atoms with E-state index in [9.17, 15) is 4.79 Å². The van der Waals surface area contributed by atoms with Gasteiger partial charge < -0.3 is 14.6 Å². The van der Waals surface area contributed by atoms with Crippen LogP contribution in [0.5, 0.6) is 11.5 Å². The number of aliphatic carboxylic acids is 1. The maximum atomic E-state index is 10.9. The van der Waals surface area contributed by atoms with Crippen molar-refractivity contribution < 1.29 is 19.4 Å². The Hall–Kier alpha value is -2.75. The number of hydrogen-bond donors (Lipinski definition) is 1. The molecule has 0 aliphatic heterocycles. The molecular weight excluding hydrogens is 280 g/mol. The van der Waals surface area contributed by atoms with Crippen molar-refractivity contribution in [3.63, 3.8) is 0 Å². The van der Waals surface area contributed by atoms with E-state index in [0.29, 0.717) is 18.1 Å². The van der Waals surface area contributed by atoms with Gasteiger partial charge in [0, 0.05) is 5.57 Å². The third-order valence-electron chi connectivity index (χ3n) is 3.15. The van der Waals surface area contributed by atoms with Crippen LogP contribution in [0, 0.1) is 0 Å². The van der Waals surface area contributed by atoms with Gasteiger partial charge in [-0.05, 0) is 36.3 Å². The van der Waals surface area contributed by atoms with Crippen molar-refractivity contribution in [2.75, 3.05) is 7.11 Å². The van der Waals surface area contributed by atoms with Crippen molar-refractivity contribution >= 4 is 12.0 Å². The fourth-order valence-electron chi connectivity index (χ4n) is 1.94. The summed E-state index contributed by atoms with van der Waals surface area (Å²) in [5.74, 6) is 0.252. The van der Waals surface area contributed by atoms with E-state index in [0.717, 1.165) is 11.1 Å². The van der Waals surface area contributed by atoms with Crippen molar-refractivity contribution in [2.24, 2.45) is 0 Å². The minimum atomic E-state index is -0.942. The van der Waals surface area contributed by atoms with Crippen molar-refractivity contribution in [3.8, 4) is 11.5 Å². The van der Waals surface area contributed by atoms with Crippen LogP contribution in [-0.4, -0.2) is 18.2 Å². The van der Waals surface area contributed by atoms with Gasteiger partial charge in [0.15, 0.2) is 11.5 Å². The van der Waals surface area contributed by atoms with E-state index in [1.165, 1.54) is 0 Å². The third kappa shape index (κ3) is 4.12. The van der Waals surface area contributed by atoms with Crippen LogP contribution in [0.3, 0.4) is 0 Å². The molecule has 0 aliphatic carbocycles. The molecule has 114 valence electrons. The molecule has 0 saturated carbocycles. The molecule has 0 aromatic heterocycles. The molecule has 0 amide bonds. The first-order chi connectivity index (χ1) is 10.6. The summed E-state index contributed by atoms with van der Waals surface area (Å²) < 4.78 is 11.1. The van der Waals surface area contributed by atoms with Crippen molar-refractivity contribution in [1.29, 1.82) is 0 Å². The van der Waals surface area contributed by atoms with Crippen molar-refractivity contribution in [3.05, 3.63) is 65.2 Å². The molecule has 0 fully saturated rings. The highest BCUT2D eigenvalue weighted by Gasteiger charge is 2.07. The number of benzene rings is 2. The van der Waals surface area contributed by atoms with Crippen molar-refractivity contribution in [2.45, 2.75) is 13.5 Å². The average Bonchev–Trinajstić information content (AvgIpc) is 2.54. The van der Waals surface area contributed by atoms with Gasteiger partial charge >= 0.3 is 5.97 Å². The lowest BCUT2D eigenvalue weighted by molar-refractivity contribution is -0.132. The van der Waals surface area contributed by atoms with Crippen LogP contribution in [0.25, 0.3) is 6.08 Å². The maximum absolute atomic E-state index is 10.9. The van der Waals surface area contributed by atoms with Gasteiger partial charge in [-0.15, -0.1) is 0 Å². The summed E-state index contributed by atoms with van der Waals surface area (Å²) in [4.78, 5) is 10.9. The van der Waals surface area contributed by atoms with Gasteiger partial charge in [0.25, 0.3) is 0 Å². The van der Waals surface area contributed by atoms with Crippen LogP contribution in [-0.2, 0) is 11.4 Å². The van der Waals surface area contributed by atoms with E-state index in [4.69, 9.17) is 14.6 Å². The van der Waals surface area contributed by atoms with Gasteiger partial charge in [-0.2, -0.15) is 0 Å². The molecule has 0 saturated heterocycles. The summed E-state index contributed by atoms with van der Waals surface area (Å²) in [6.07, 6.45) is 1.59. The second kappa shape index (κ2) is 7.31. The van der Waals surface area contributed by atoms with Crippen LogP contribution in [0.15, 0.2) is 54.1 Å². The molecule has 22 heavy (non-hydrogen) atoms. The van der Waals surface area contributed by atoms with Crippen LogP contribution in [0.2, 0.25) is 0 Å². The molecule has 1 N–H and O–H groups in total. The van der Waals surface area contributed by atoms with Gasteiger partial charge in [0.2, 0.25) is 0 Å². The highest BCUT2D eigenvalue weighted by atomic mass is 16.5. The lowest BCUT2D eigenvalue weighted by Gasteiger charge is -2.11. The molecule has 2 rings (SSSR count). The number of methoxy groups -OCH3 is 1. The summed E-state index contributed by atoms with van der Waals surface area (Å²) in [5, 5.41) is 8.94. The first-order valence-electron chi connectivity index (χ1n) is 6.86. The summed E-state index contributed by atoms with van der Waals surface area (Å²) in [7, 11) is 1.57. The van der Waals surface area contributed by atoms with Crippen LogP contribution < -0.4 is 9.47 Å². The number of carbonyl (C=O) groups is 1. The van der Waals surface area contributed by atoms with Gasteiger partial charge in [0.05, 0.1) is 7.11 Å². The molecule has 0 unspecified atom stereocenters. The third-order valence-corrected chi connectivity index (χ3v) is 3.15. The van der Waals surface area contributed by atoms with E-state index in [-0.39, 0.29) is 5.57 Å². The van der Waals surface area contributed by atoms with E-state index in [1.807, 2.05) is 30.3 Å². The zero-order valence-corrected chi connectivity index (χ0v) is 12.6. The number of carboxylic acids is 1. The van der Waals surface area contributed by atoms with Gasteiger partial charge in [-0.1, -0.05) is 36.4 Å². The normalized spacial score (nSPS) is 11.1. The Labute approximate surface area is 129 Å². The Kier molecular flexibility index (Phi) is 5.20. The first kappa shape index (κ1) is 15.6. The maximum Gasteiger partial charge on any atom is 0.331 e. The molecule has 2 aromatic carbocycles. The van der Waals surface area contributed by atoms with Gasteiger partial charge in [-0.3, -0.25) is 0 Å². The molecule has 0 atom stereocenters. The molecule has 4 heteroatoms. The second-order valence-electron chi connectivity index (χ2n) is 4.82. The lowest BCUT2D eigenvalue weighted by atomic mass is 10.1. The van der Waals surface area contributed by atoms with Gasteiger partial charge in [0.1, 0.15) is 6.61 Å². The van der Waals surface area contributed by atoms with E-state index in [2.05, 4.69) is 0 Å². The predicted octanol–water partition coefficient (Wildman–Crippen LogP) is 3.76. The summed E-state index contributed by atoms with van der Waals surface area (Å²) in [6, 6.07) is 15.1. The topological polar surface area (TPSA) is 55.8 Å². The molecule has 0 spiro atoms. The number of ether oxygens (including phenoxy) is 2. The summed E-state index contributed by atoms with van der Waals surface area (Å²) >= 11 is 0. The summed E-state index contributed by atoms with van der Waals surface area (Å²) in [6.45, 7) is 1.97. The Bertz CT molecular complexity index is 675. The van der Waals surface area contributed by atoms with Crippen LogP contribution >= 0.6 is 0 Å². The molecule has 0 heterocycles. The largest absolute Gasteiger partial charge is 0.493 e. The number of carboxylic acid groups (broad SMARTS) is 1. The fraction of sp³-hybridized carbons (Fsp3) is 0.167. The average molecular weight is 298 g/mol. The SMILES string of the molecule is COc1ccc(/C=C(/C)C(=O)O)cc1OCc1ccccc1. The van der Waals surface area contributed by atoms with Crippen LogP contribution in [0.4, 0.5) is 0 Å². The highest BCUT2D eigenvalue weighted by Crippen LogP contribution is 2.29. The first-order valence-corrected chi connectivity index (χ1v) is 6.86. The van der Waals surface area contributed by atoms with E-state index >= 15 is 0 Å². The Morgan fingerprint density at radius 1 is 1.14 bits per heavy atom. The summed E-state index contributed by atoms with van der Waals surface area (Å²) in [5.41, 5.74) is 2.06. The molecule has 4 nitrogen and oxygen atoms in total. The molecule has 0 aliphatic rings. The van der Waals surface area contributed by atoms with Gasteiger partial charge in [-0.25, -0.2) is 4.79 Å². The minimum absolute atomic E-state index is 0.263. The molecule has 0 bridgehead atoms. The molecular formula is C18H18O4. The quantitative estimate of drug-likeness (QED) is 0.825. The Morgan fingerprint density at radius 3 is 2.50 bits per heavy atom. The standard InChI is InChI=1S/C18H18O4/c1-13(18(19)20)10-15-8-9-16(21-2)17(11-15)22-12-14-6-4-3-5-7-14/h3-11H,12H2,1-2H3,(H,19,20)/b13-10-. The van der Waals surface area contributed by atoms with Crippen molar-refractivity contribution in [1.82, 2.24) is 0 Å². The second-order valence-corrected chi connectivity index (χ2v) is 4.82. The predicted molar refractivity (Wildman–Crippen MR) is 85.1 cm³/mol. The Balaban J connectivity index is 2.21. The number of hydrogen-bond acceptors (Lipinski definition) is 3. The fourth-order valence-corrected chi connectivity index (χ4v) is 1.94. The lowest BCUT2D eigenvalue weighted by Crippen LogP contribution is -1.98. The Morgan fingerprint density at radius 2 is 1.86 bits per heavy atom. The zero-order chi connectivity index (χ0) is 15.9. The monoisotopic (exact) mass is 298 g/mol. The minimum Gasteiger partial charge on any atom is -0.493 e. The number of rotatable bonds is 6. The highest BCUT2D eigenvalue weighted by molar-refractivity contribution is 5.91. The zero-order valence-electron chi connectivity index (χ0n) is 12.6.